The van der Waals surface area contributed by atoms with Gasteiger partial charge in [0, 0.05) is 49.0 Å². The molecule has 2 aromatic carbocycles. The van der Waals surface area contributed by atoms with Gasteiger partial charge in [0.15, 0.2) is 0 Å². The van der Waals surface area contributed by atoms with Gasteiger partial charge in [-0.05, 0) is 54.7 Å². The molecule has 33 heavy (non-hydrogen) atoms. The maximum absolute atomic E-state index is 9.26. The zero-order valence-corrected chi connectivity index (χ0v) is 19.5. The van der Waals surface area contributed by atoms with Gasteiger partial charge in [-0.1, -0.05) is 43.5 Å². The van der Waals surface area contributed by atoms with Crippen LogP contribution in [0.4, 0.5) is 5.69 Å². The third-order valence-corrected chi connectivity index (χ3v) is 6.97. The summed E-state index contributed by atoms with van der Waals surface area (Å²) in [6.45, 7) is 1.06. The maximum atomic E-state index is 9.26. The number of nitrogens with zero attached hydrogens (tertiary/aromatic N) is 4. The zero-order valence-electron chi connectivity index (χ0n) is 19.5. The van der Waals surface area contributed by atoms with Gasteiger partial charge in [0.1, 0.15) is 0 Å². The van der Waals surface area contributed by atoms with Crippen LogP contribution in [0.25, 0.3) is 33.3 Å². The second kappa shape index (κ2) is 9.11. The van der Waals surface area contributed by atoms with Crippen LogP contribution in [0.3, 0.4) is 0 Å². The predicted molar refractivity (Wildman–Crippen MR) is 136 cm³/mol. The standard InChI is InChI=1S/C29H30N4/c1-32(2)25-14-12-24(13-15-25)29-28(23-10-8-21(18-30)9-11-23)26-16-17-33(27(26)19-31-29)20-22-6-4-3-5-7-22/h8-17,19,22H,3-7,20H2,1-2H3. The number of aromatic nitrogens is 2. The Kier molecular flexibility index (Phi) is 5.88. The van der Waals surface area contributed by atoms with Crippen molar-refractivity contribution in [3.8, 4) is 28.5 Å². The number of hydrogen-bond donors (Lipinski definition) is 0. The topological polar surface area (TPSA) is 44.9 Å². The van der Waals surface area contributed by atoms with Crippen LogP contribution in [0.1, 0.15) is 37.7 Å². The van der Waals surface area contributed by atoms with Crippen molar-refractivity contribution in [2.24, 2.45) is 5.92 Å². The molecule has 1 aliphatic rings. The molecule has 0 atom stereocenters. The van der Waals surface area contributed by atoms with E-state index in [9.17, 15) is 5.26 Å². The Morgan fingerprint density at radius 1 is 0.939 bits per heavy atom. The number of anilines is 1. The first kappa shape index (κ1) is 21.3. The molecule has 1 saturated carbocycles. The van der Waals surface area contributed by atoms with E-state index in [2.05, 4.69) is 66.2 Å². The summed E-state index contributed by atoms with van der Waals surface area (Å²) in [7, 11) is 4.10. The third kappa shape index (κ3) is 4.24. The van der Waals surface area contributed by atoms with Gasteiger partial charge in [-0.3, -0.25) is 4.98 Å². The maximum Gasteiger partial charge on any atom is 0.0991 e. The van der Waals surface area contributed by atoms with E-state index in [1.807, 2.05) is 30.5 Å². The quantitative estimate of drug-likeness (QED) is 0.344. The van der Waals surface area contributed by atoms with Crippen LogP contribution in [0.5, 0.6) is 0 Å². The minimum absolute atomic E-state index is 0.672. The average Bonchev–Trinajstić information content (AvgIpc) is 3.27. The molecule has 0 amide bonds. The van der Waals surface area contributed by atoms with Gasteiger partial charge in [-0.25, -0.2) is 0 Å². The van der Waals surface area contributed by atoms with Gasteiger partial charge < -0.3 is 9.47 Å². The summed E-state index contributed by atoms with van der Waals surface area (Å²) < 4.78 is 2.39. The lowest BCUT2D eigenvalue weighted by atomic mass is 9.89. The molecule has 0 bridgehead atoms. The molecule has 0 saturated heterocycles. The minimum atomic E-state index is 0.672. The summed E-state index contributed by atoms with van der Waals surface area (Å²) in [5.74, 6) is 0.756. The fraction of sp³-hybridized carbons (Fsp3) is 0.310. The number of pyridine rings is 1. The van der Waals surface area contributed by atoms with Crippen molar-refractivity contribution in [2.75, 3.05) is 19.0 Å². The summed E-state index contributed by atoms with van der Waals surface area (Å²) >= 11 is 0. The van der Waals surface area contributed by atoms with E-state index >= 15 is 0 Å². The van der Waals surface area contributed by atoms with E-state index in [4.69, 9.17) is 4.98 Å². The van der Waals surface area contributed by atoms with E-state index in [1.165, 1.54) is 48.7 Å². The van der Waals surface area contributed by atoms with Gasteiger partial charge in [-0.15, -0.1) is 0 Å². The lowest BCUT2D eigenvalue weighted by molar-refractivity contribution is 0.322. The van der Waals surface area contributed by atoms with E-state index < -0.39 is 0 Å². The van der Waals surface area contributed by atoms with Gasteiger partial charge in [0.25, 0.3) is 0 Å². The Morgan fingerprint density at radius 2 is 1.64 bits per heavy atom. The van der Waals surface area contributed by atoms with E-state index in [1.54, 1.807) is 0 Å². The summed E-state index contributed by atoms with van der Waals surface area (Å²) in [5.41, 5.74) is 7.33. The van der Waals surface area contributed by atoms with Crippen molar-refractivity contribution in [2.45, 2.75) is 38.6 Å². The summed E-state index contributed by atoms with van der Waals surface area (Å²) in [6.07, 6.45) is 11.0. The Labute approximate surface area is 196 Å². The molecule has 4 heteroatoms. The fourth-order valence-corrected chi connectivity index (χ4v) is 5.10. The highest BCUT2D eigenvalue weighted by molar-refractivity contribution is 6.01. The largest absolute Gasteiger partial charge is 0.378 e. The molecule has 0 radical (unpaired) electrons. The van der Waals surface area contributed by atoms with Crippen LogP contribution in [-0.2, 0) is 6.54 Å². The van der Waals surface area contributed by atoms with Crippen LogP contribution in [0, 0.1) is 17.2 Å². The van der Waals surface area contributed by atoms with Gasteiger partial charge >= 0.3 is 0 Å². The van der Waals surface area contributed by atoms with E-state index in [0.29, 0.717) is 5.56 Å². The molecule has 0 N–H and O–H groups in total. The SMILES string of the molecule is CN(C)c1ccc(-c2ncc3c(ccn3CC3CCCCC3)c2-c2ccc(C#N)cc2)cc1. The van der Waals surface area contributed by atoms with Crippen LogP contribution >= 0.6 is 0 Å². The average molecular weight is 435 g/mol. The van der Waals surface area contributed by atoms with Crippen LogP contribution in [0.2, 0.25) is 0 Å². The highest BCUT2D eigenvalue weighted by Gasteiger charge is 2.19. The lowest BCUT2D eigenvalue weighted by Gasteiger charge is -2.22. The molecule has 5 rings (SSSR count). The number of fused-ring (bicyclic) bond motifs is 1. The zero-order chi connectivity index (χ0) is 22.8. The van der Waals surface area contributed by atoms with Crippen molar-refractivity contribution in [3.05, 3.63) is 72.6 Å². The van der Waals surface area contributed by atoms with Gasteiger partial charge in [-0.2, -0.15) is 5.26 Å². The Hall–Kier alpha value is -3.58. The van der Waals surface area contributed by atoms with Crippen molar-refractivity contribution in [1.29, 1.82) is 5.26 Å². The molecule has 4 nitrogen and oxygen atoms in total. The number of nitriles is 1. The molecular weight excluding hydrogens is 404 g/mol. The van der Waals surface area contributed by atoms with E-state index in [-0.39, 0.29) is 0 Å². The first-order valence-electron chi connectivity index (χ1n) is 11.9. The molecule has 1 fully saturated rings. The summed E-state index contributed by atoms with van der Waals surface area (Å²) in [6, 6.07) is 20.9. The van der Waals surface area contributed by atoms with Gasteiger partial charge in [0.05, 0.1) is 29.0 Å². The molecule has 166 valence electrons. The lowest BCUT2D eigenvalue weighted by Crippen LogP contribution is -2.13. The number of benzene rings is 2. The van der Waals surface area contributed by atoms with Crippen molar-refractivity contribution in [3.63, 3.8) is 0 Å². The Balaban J connectivity index is 1.63. The van der Waals surface area contributed by atoms with Crippen molar-refractivity contribution >= 4 is 16.6 Å². The normalized spacial score (nSPS) is 14.3. The Bertz CT molecular complexity index is 1280. The second-order valence-electron chi connectivity index (χ2n) is 9.38. The molecule has 2 heterocycles. The Morgan fingerprint density at radius 3 is 2.30 bits per heavy atom. The highest BCUT2D eigenvalue weighted by atomic mass is 15.1. The first-order valence-corrected chi connectivity index (χ1v) is 11.9. The minimum Gasteiger partial charge on any atom is -0.378 e. The van der Waals surface area contributed by atoms with Crippen molar-refractivity contribution < 1.29 is 0 Å². The molecule has 1 aliphatic carbocycles. The van der Waals surface area contributed by atoms with E-state index in [0.717, 1.165) is 34.8 Å². The third-order valence-electron chi connectivity index (χ3n) is 6.97. The molecule has 4 aromatic rings. The molecular formula is C29H30N4. The monoisotopic (exact) mass is 434 g/mol. The second-order valence-corrected chi connectivity index (χ2v) is 9.38. The smallest absolute Gasteiger partial charge is 0.0991 e. The van der Waals surface area contributed by atoms with Crippen LogP contribution in [-0.4, -0.2) is 23.6 Å². The molecule has 0 spiro atoms. The summed E-state index contributed by atoms with van der Waals surface area (Å²) in [4.78, 5) is 7.10. The van der Waals surface area contributed by atoms with Crippen molar-refractivity contribution in [1.82, 2.24) is 9.55 Å². The molecule has 2 aromatic heterocycles. The first-order chi connectivity index (χ1) is 16.1. The summed E-state index contributed by atoms with van der Waals surface area (Å²) in [5, 5.41) is 10.5. The highest BCUT2D eigenvalue weighted by Crippen LogP contribution is 2.38. The number of hydrogen-bond acceptors (Lipinski definition) is 3. The van der Waals surface area contributed by atoms with Crippen LogP contribution in [0.15, 0.2) is 67.0 Å². The molecule has 0 unspecified atom stereocenters. The predicted octanol–water partition coefficient (Wildman–Crippen LogP) is 6.89. The number of rotatable bonds is 5. The van der Waals surface area contributed by atoms with Crippen LogP contribution < -0.4 is 4.90 Å². The molecule has 0 aliphatic heterocycles. The van der Waals surface area contributed by atoms with Gasteiger partial charge in [0.2, 0.25) is 0 Å². The fourth-order valence-electron chi connectivity index (χ4n) is 5.10.